The minimum atomic E-state index is -1.02. The van der Waals surface area contributed by atoms with E-state index in [9.17, 15) is 9.59 Å². The molecule has 0 atom stereocenters. The Morgan fingerprint density at radius 3 is 2.64 bits per heavy atom. The van der Waals surface area contributed by atoms with Gasteiger partial charge >= 0.3 is 5.97 Å². The lowest BCUT2D eigenvalue weighted by atomic mass is 10.2. The molecule has 10 heteroatoms. The second-order valence-corrected chi connectivity index (χ2v) is 9.25. The Kier molecular flexibility index (Phi) is 8.05. The Morgan fingerprint density at radius 2 is 1.94 bits per heavy atom. The van der Waals surface area contributed by atoms with Gasteiger partial charge in [0.15, 0.2) is 11.7 Å². The number of carboxylic acid groups (broad SMARTS) is 1. The highest BCUT2D eigenvalue weighted by atomic mass is 32.1. The number of carbonyl (C=O) groups is 2. The van der Waals surface area contributed by atoms with Gasteiger partial charge in [0.2, 0.25) is 0 Å². The van der Waals surface area contributed by atoms with E-state index in [1.807, 2.05) is 35.0 Å². The Balaban J connectivity index is 1.46. The molecule has 0 bridgehead atoms. The number of aliphatic carboxylic acids is 1. The second kappa shape index (κ2) is 11.4. The number of hydrogen-bond acceptors (Lipinski definition) is 8. The van der Waals surface area contributed by atoms with Crippen molar-refractivity contribution in [3.8, 4) is 17.0 Å². The standard InChI is InChI=1S/C23H25N3O5S2/c27-21(28)15-31-18-6-4-17(5-7-18)19-16-33-23(24-19)26(22(29)20-3-1-14-32-20)9-2-8-25-10-12-30-13-11-25/h1,3-7,14,16H,2,8-13,15H2,(H,27,28). The molecule has 2 aromatic heterocycles. The molecule has 4 rings (SSSR count). The number of rotatable bonds is 10. The highest BCUT2D eigenvalue weighted by molar-refractivity contribution is 7.14. The molecular formula is C23H25N3O5S2. The number of anilines is 1. The average Bonchev–Trinajstić information content (AvgIpc) is 3.54. The average molecular weight is 488 g/mol. The lowest BCUT2D eigenvalue weighted by Gasteiger charge is -2.27. The van der Waals surface area contributed by atoms with Gasteiger partial charge in [0.1, 0.15) is 5.75 Å². The number of thiazole rings is 1. The molecule has 0 aliphatic carbocycles. The van der Waals surface area contributed by atoms with E-state index in [0.29, 0.717) is 22.3 Å². The van der Waals surface area contributed by atoms with Gasteiger partial charge < -0.3 is 14.6 Å². The molecular weight excluding hydrogens is 462 g/mol. The molecule has 33 heavy (non-hydrogen) atoms. The Bertz CT molecular complexity index is 1050. The molecule has 1 aliphatic heterocycles. The van der Waals surface area contributed by atoms with Crippen molar-refractivity contribution in [2.75, 3.05) is 50.9 Å². The maximum absolute atomic E-state index is 13.2. The summed E-state index contributed by atoms with van der Waals surface area (Å²) in [6, 6.07) is 10.8. The van der Waals surface area contributed by atoms with E-state index in [4.69, 9.17) is 19.6 Å². The number of amides is 1. The van der Waals surface area contributed by atoms with E-state index < -0.39 is 5.97 Å². The third-order valence-electron chi connectivity index (χ3n) is 5.17. The van der Waals surface area contributed by atoms with Crippen LogP contribution >= 0.6 is 22.7 Å². The highest BCUT2D eigenvalue weighted by Gasteiger charge is 2.22. The zero-order valence-electron chi connectivity index (χ0n) is 18.0. The predicted molar refractivity (Wildman–Crippen MR) is 129 cm³/mol. The number of hydrogen-bond donors (Lipinski definition) is 1. The molecule has 8 nitrogen and oxygen atoms in total. The van der Waals surface area contributed by atoms with Crippen molar-refractivity contribution in [1.82, 2.24) is 9.88 Å². The molecule has 1 aliphatic rings. The monoisotopic (exact) mass is 487 g/mol. The summed E-state index contributed by atoms with van der Waals surface area (Å²) >= 11 is 2.87. The third-order valence-corrected chi connectivity index (χ3v) is 6.89. The van der Waals surface area contributed by atoms with Crippen LogP contribution in [0.1, 0.15) is 16.1 Å². The van der Waals surface area contributed by atoms with Crippen LogP contribution in [-0.4, -0.2) is 72.9 Å². The number of morpholine rings is 1. The van der Waals surface area contributed by atoms with Gasteiger partial charge in [0.05, 0.1) is 23.8 Å². The van der Waals surface area contributed by atoms with Gasteiger partial charge in [-0.15, -0.1) is 22.7 Å². The van der Waals surface area contributed by atoms with Gasteiger partial charge in [0.25, 0.3) is 5.91 Å². The summed E-state index contributed by atoms with van der Waals surface area (Å²) in [5.41, 5.74) is 1.63. The fourth-order valence-corrected chi connectivity index (χ4v) is 5.01. The molecule has 3 aromatic rings. The van der Waals surface area contributed by atoms with Crippen LogP contribution in [-0.2, 0) is 9.53 Å². The highest BCUT2D eigenvalue weighted by Crippen LogP contribution is 2.30. The number of nitrogens with zero attached hydrogens (tertiary/aromatic N) is 3. The SMILES string of the molecule is O=C(O)COc1ccc(-c2csc(N(CCCN3CCOCC3)C(=O)c3cccs3)n2)cc1. The van der Waals surface area contributed by atoms with E-state index in [-0.39, 0.29) is 12.5 Å². The van der Waals surface area contributed by atoms with Crippen molar-refractivity contribution in [2.24, 2.45) is 0 Å². The molecule has 1 fully saturated rings. The number of benzene rings is 1. The maximum Gasteiger partial charge on any atom is 0.341 e. The molecule has 1 N–H and O–H groups in total. The van der Waals surface area contributed by atoms with Crippen LogP contribution < -0.4 is 9.64 Å². The van der Waals surface area contributed by atoms with E-state index in [1.54, 1.807) is 17.0 Å². The molecule has 0 spiro atoms. The number of thiophene rings is 1. The first-order valence-corrected chi connectivity index (χ1v) is 12.4. The summed E-state index contributed by atoms with van der Waals surface area (Å²) in [6.07, 6.45) is 0.849. The first kappa shape index (κ1) is 23.4. The summed E-state index contributed by atoms with van der Waals surface area (Å²) in [7, 11) is 0. The maximum atomic E-state index is 13.2. The van der Waals surface area contributed by atoms with Crippen LogP contribution in [0.4, 0.5) is 5.13 Å². The molecule has 0 radical (unpaired) electrons. The molecule has 0 saturated carbocycles. The van der Waals surface area contributed by atoms with Crippen LogP contribution in [0.3, 0.4) is 0 Å². The predicted octanol–water partition coefficient (Wildman–Crippen LogP) is 3.70. The Morgan fingerprint density at radius 1 is 1.15 bits per heavy atom. The first-order valence-electron chi connectivity index (χ1n) is 10.7. The fourth-order valence-electron chi connectivity index (χ4n) is 3.48. The van der Waals surface area contributed by atoms with Crippen LogP contribution in [0.15, 0.2) is 47.2 Å². The number of ether oxygens (including phenoxy) is 2. The largest absolute Gasteiger partial charge is 0.482 e. The third kappa shape index (κ3) is 6.38. The smallest absolute Gasteiger partial charge is 0.341 e. The molecule has 0 unspecified atom stereocenters. The van der Waals surface area contributed by atoms with Crippen molar-refractivity contribution in [3.05, 3.63) is 52.0 Å². The Labute approximate surface area is 200 Å². The first-order chi connectivity index (χ1) is 16.1. The minimum Gasteiger partial charge on any atom is -0.482 e. The van der Waals surface area contributed by atoms with Gasteiger partial charge in [-0.05, 0) is 42.1 Å². The van der Waals surface area contributed by atoms with Crippen molar-refractivity contribution < 1.29 is 24.2 Å². The second-order valence-electron chi connectivity index (χ2n) is 7.46. The minimum absolute atomic E-state index is 0.0368. The van der Waals surface area contributed by atoms with E-state index in [2.05, 4.69) is 4.90 Å². The zero-order valence-corrected chi connectivity index (χ0v) is 19.6. The summed E-state index contributed by atoms with van der Waals surface area (Å²) < 4.78 is 10.6. The van der Waals surface area contributed by atoms with Gasteiger partial charge in [-0.2, -0.15) is 0 Å². The van der Waals surface area contributed by atoms with Crippen LogP contribution in [0.2, 0.25) is 0 Å². The van der Waals surface area contributed by atoms with Crippen molar-refractivity contribution in [2.45, 2.75) is 6.42 Å². The molecule has 3 heterocycles. The zero-order chi connectivity index (χ0) is 23.0. The topological polar surface area (TPSA) is 92.2 Å². The van der Waals surface area contributed by atoms with Crippen molar-refractivity contribution in [1.29, 1.82) is 0 Å². The normalized spacial score (nSPS) is 14.2. The lowest BCUT2D eigenvalue weighted by molar-refractivity contribution is -0.139. The number of carbonyl (C=O) groups excluding carboxylic acids is 1. The van der Waals surface area contributed by atoms with Gasteiger partial charge in [-0.1, -0.05) is 6.07 Å². The molecule has 1 saturated heterocycles. The van der Waals surface area contributed by atoms with Crippen LogP contribution in [0, 0.1) is 0 Å². The summed E-state index contributed by atoms with van der Waals surface area (Å²) in [4.78, 5) is 33.4. The van der Waals surface area contributed by atoms with Gasteiger partial charge in [-0.3, -0.25) is 14.6 Å². The number of carboxylic acids is 1. The van der Waals surface area contributed by atoms with Crippen LogP contribution in [0.25, 0.3) is 11.3 Å². The van der Waals surface area contributed by atoms with E-state index >= 15 is 0 Å². The lowest BCUT2D eigenvalue weighted by Crippen LogP contribution is -2.39. The number of aromatic nitrogens is 1. The molecule has 1 amide bonds. The van der Waals surface area contributed by atoms with Gasteiger partial charge in [0, 0.05) is 37.1 Å². The molecule has 1 aromatic carbocycles. The summed E-state index contributed by atoms with van der Waals surface area (Å²) in [5, 5.41) is 13.2. The summed E-state index contributed by atoms with van der Waals surface area (Å²) in [5.74, 6) is -0.577. The fraction of sp³-hybridized carbons (Fsp3) is 0.348. The van der Waals surface area contributed by atoms with Crippen molar-refractivity contribution in [3.63, 3.8) is 0 Å². The van der Waals surface area contributed by atoms with Crippen molar-refractivity contribution >= 4 is 39.7 Å². The van der Waals surface area contributed by atoms with Gasteiger partial charge in [-0.25, -0.2) is 9.78 Å². The van der Waals surface area contributed by atoms with E-state index in [1.165, 1.54) is 22.7 Å². The molecule has 174 valence electrons. The summed E-state index contributed by atoms with van der Waals surface area (Å²) in [6.45, 7) is 4.47. The Hall–Kier alpha value is -2.79. The quantitative estimate of drug-likeness (QED) is 0.466. The van der Waals surface area contributed by atoms with E-state index in [0.717, 1.165) is 50.5 Å². The van der Waals surface area contributed by atoms with Crippen LogP contribution in [0.5, 0.6) is 5.75 Å².